The fraction of sp³-hybridized carbons (Fsp3) is 0.478. The van der Waals surface area contributed by atoms with Crippen LogP contribution in [0, 0.1) is 6.92 Å². The van der Waals surface area contributed by atoms with Crippen LogP contribution in [-0.2, 0) is 16.0 Å². The number of H-pyrrole nitrogens is 1. The van der Waals surface area contributed by atoms with Crippen molar-refractivity contribution in [1.82, 2.24) is 25.3 Å². The van der Waals surface area contributed by atoms with Crippen LogP contribution >= 0.6 is 0 Å². The van der Waals surface area contributed by atoms with Crippen molar-refractivity contribution in [3.63, 3.8) is 0 Å². The number of benzene rings is 1. The average Bonchev–Trinajstić information content (AvgIpc) is 3.39. The zero-order valence-electron chi connectivity index (χ0n) is 17.8. The van der Waals surface area contributed by atoms with E-state index >= 15 is 0 Å². The summed E-state index contributed by atoms with van der Waals surface area (Å²) >= 11 is 0. The Hall–Kier alpha value is -3.00. The Morgan fingerprint density at radius 2 is 2.10 bits per heavy atom. The molecule has 0 bridgehead atoms. The van der Waals surface area contributed by atoms with E-state index < -0.39 is 0 Å². The molecule has 0 saturated carbocycles. The number of carbonyl (C=O) groups excluding carboxylic acids is 1. The highest BCUT2D eigenvalue weighted by Gasteiger charge is 2.26. The highest BCUT2D eigenvalue weighted by atomic mass is 16.5. The number of ether oxygens (including phenoxy) is 1. The number of amides is 1. The Bertz CT molecular complexity index is 1070. The summed E-state index contributed by atoms with van der Waals surface area (Å²) in [5, 5.41) is 3.18. The first kappa shape index (κ1) is 19.9. The van der Waals surface area contributed by atoms with Crippen LogP contribution in [0.15, 0.2) is 30.5 Å². The highest BCUT2D eigenvalue weighted by Crippen LogP contribution is 2.27. The first-order chi connectivity index (χ1) is 15.1. The molecule has 5 rings (SSSR count). The van der Waals surface area contributed by atoms with Gasteiger partial charge in [-0.25, -0.2) is 15.0 Å². The van der Waals surface area contributed by atoms with E-state index in [4.69, 9.17) is 9.72 Å². The Balaban J connectivity index is 1.18. The smallest absolute Gasteiger partial charge is 0.225 e. The third-order valence-electron chi connectivity index (χ3n) is 6.17. The second-order valence-electron chi connectivity index (χ2n) is 8.52. The number of hydrogen-bond acceptors (Lipinski definition) is 6. The van der Waals surface area contributed by atoms with Gasteiger partial charge < -0.3 is 19.9 Å². The van der Waals surface area contributed by atoms with Gasteiger partial charge in [0, 0.05) is 50.2 Å². The van der Waals surface area contributed by atoms with Gasteiger partial charge in [-0.15, -0.1) is 0 Å². The molecule has 1 aromatic carbocycles. The molecule has 2 fully saturated rings. The van der Waals surface area contributed by atoms with E-state index in [1.54, 1.807) is 0 Å². The number of aromatic amines is 1. The minimum atomic E-state index is 0.0410. The fourth-order valence-corrected chi connectivity index (χ4v) is 4.55. The van der Waals surface area contributed by atoms with E-state index in [-0.39, 0.29) is 11.9 Å². The van der Waals surface area contributed by atoms with Crippen molar-refractivity contribution in [2.45, 2.75) is 44.6 Å². The number of carbonyl (C=O) groups is 1. The maximum Gasteiger partial charge on any atom is 0.225 e. The Morgan fingerprint density at radius 1 is 1.23 bits per heavy atom. The van der Waals surface area contributed by atoms with Crippen LogP contribution < -0.4 is 10.2 Å². The van der Waals surface area contributed by atoms with E-state index in [1.165, 1.54) is 0 Å². The number of hydrogen-bond donors (Lipinski definition) is 2. The van der Waals surface area contributed by atoms with Gasteiger partial charge in [-0.1, -0.05) is 6.07 Å². The molecule has 0 radical (unpaired) electrons. The first-order valence-electron chi connectivity index (χ1n) is 11.0. The number of nitrogens with zero attached hydrogens (tertiary/aromatic N) is 4. The second-order valence-corrected chi connectivity index (χ2v) is 8.52. The maximum atomic E-state index is 12.6. The molecular weight excluding hydrogens is 392 g/mol. The van der Waals surface area contributed by atoms with Gasteiger partial charge in [0.05, 0.1) is 17.5 Å². The number of anilines is 1. The molecule has 2 aliphatic rings. The lowest BCUT2D eigenvalue weighted by Gasteiger charge is -2.23. The standard InChI is InChI=1S/C23H28N6O2/c1-15-25-20-3-2-16(12-21(20)26-15)13-22(30)27-18-5-9-29(14-18)23-24-8-4-19(28-23)17-6-10-31-11-7-17/h2-4,8,12,17-18H,5-7,9-11,13-14H2,1H3,(H,25,26)(H,27,30). The minimum Gasteiger partial charge on any atom is -0.381 e. The summed E-state index contributed by atoms with van der Waals surface area (Å²) in [6.07, 6.45) is 5.14. The van der Waals surface area contributed by atoms with Gasteiger partial charge >= 0.3 is 0 Å². The first-order valence-corrected chi connectivity index (χ1v) is 11.0. The summed E-state index contributed by atoms with van der Waals surface area (Å²) in [6, 6.07) is 8.07. The van der Waals surface area contributed by atoms with E-state index in [2.05, 4.69) is 25.2 Å². The minimum absolute atomic E-state index is 0.0410. The molecule has 3 aromatic rings. The zero-order chi connectivity index (χ0) is 21.2. The van der Waals surface area contributed by atoms with Gasteiger partial charge in [-0.3, -0.25) is 4.79 Å². The second kappa shape index (κ2) is 8.63. The molecule has 4 heterocycles. The van der Waals surface area contributed by atoms with Crippen molar-refractivity contribution < 1.29 is 9.53 Å². The normalized spacial score (nSPS) is 19.8. The zero-order valence-corrected chi connectivity index (χ0v) is 17.8. The molecule has 162 valence electrons. The Morgan fingerprint density at radius 3 is 2.97 bits per heavy atom. The van der Waals surface area contributed by atoms with Gasteiger partial charge in [-0.05, 0) is 49.9 Å². The number of rotatable bonds is 5. The topological polar surface area (TPSA) is 96.0 Å². The van der Waals surface area contributed by atoms with E-state index in [1.807, 2.05) is 37.4 Å². The molecule has 2 aromatic heterocycles. The van der Waals surface area contributed by atoms with Gasteiger partial charge in [0.2, 0.25) is 11.9 Å². The molecule has 1 atom stereocenters. The fourth-order valence-electron chi connectivity index (χ4n) is 4.55. The number of aryl methyl sites for hydroxylation is 1. The molecule has 0 aliphatic carbocycles. The van der Waals surface area contributed by atoms with E-state index in [0.717, 1.165) is 79.6 Å². The Kier molecular flexibility index (Phi) is 5.55. The molecule has 0 spiro atoms. The number of aromatic nitrogens is 4. The molecule has 8 nitrogen and oxygen atoms in total. The van der Waals surface area contributed by atoms with Crippen LogP contribution in [0.25, 0.3) is 11.0 Å². The van der Waals surface area contributed by atoms with Crippen LogP contribution in [0.5, 0.6) is 0 Å². The van der Waals surface area contributed by atoms with Crippen LogP contribution in [-0.4, -0.2) is 58.2 Å². The van der Waals surface area contributed by atoms with Gasteiger partial charge in [0.25, 0.3) is 0 Å². The molecule has 2 N–H and O–H groups in total. The average molecular weight is 421 g/mol. The van der Waals surface area contributed by atoms with Gasteiger partial charge in [0.15, 0.2) is 0 Å². The molecule has 2 saturated heterocycles. The maximum absolute atomic E-state index is 12.6. The predicted molar refractivity (Wildman–Crippen MR) is 118 cm³/mol. The highest BCUT2D eigenvalue weighted by molar-refractivity contribution is 5.82. The van der Waals surface area contributed by atoms with Crippen LogP contribution in [0.2, 0.25) is 0 Å². The quantitative estimate of drug-likeness (QED) is 0.658. The third-order valence-corrected chi connectivity index (χ3v) is 6.17. The molecule has 31 heavy (non-hydrogen) atoms. The van der Waals surface area contributed by atoms with Crippen LogP contribution in [0.3, 0.4) is 0 Å². The van der Waals surface area contributed by atoms with Crippen LogP contribution in [0.1, 0.15) is 42.3 Å². The van der Waals surface area contributed by atoms with Crippen molar-refractivity contribution in [2.75, 3.05) is 31.2 Å². The lowest BCUT2D eigenvalue weighted by atomic mass is 9.96. The lowest BCUT2D eigenvalue weighted by molar-refractivity contribution is -0.121. The largest absolute Gasteiger partial charge is 0.381 e. The molecular formula is C23H28N6O2. The number of imidazole rings is 1. The van der Waals surface area contributed by atoms with Crippen molar-refractivity contribution in [1.29, 1.82) is 0 Å². The number of nitrogens with one attached hydrogen (secondary N) is 2. The summed E-state index contributed by atoms with van der Waals surface area (Å²) in [6.45, 7) is 5.12. The molecule has 8 heteroatoms. The summed E-state index contributed by atoms with van der Waals surface area (Å²) in [7, 11) is 0. The third kappa shape index (κ3) is 4.54. The van der Waals surface area contributed by atoms with Gasteiger partial charge in [-0.2, -0.15) is 0 Å². The summed E-state index contributed by atoms with van der Waals surface area (Å²) in [4.78, 5) is 31.7. The van der Waals surface area contributed by atoms with E-state index in [9.17, 15) is 4.79 Å². The molecule has 2 aliphatic heterocycles. The Labute approximate surface area is 181 Å². The van der Waals surface area contributed by atoms with Crippen molar-refractivity contribution in [3.8, 4) is 0 Å². The summed E-state index contributed by atoms with van der Waals surface area (Å²) in [5.74, 6) is 2.13. The van der Waals surface area contributed by atoms with Gasteiger partial charge in [0.1, 0.15) is 5.82 Å². The van der Waals surface area contributed by atoms with Crippen molar-refractivity contribution in [2.24, 2.45) is 0 Å². The molecule has 1 amide bonds. The summed E-state index contributed by atoms with van der Waals surface area (Å²) < 4.78 is 5.47. The van der Waals surface area contributed by atoms with E-state index in [0.29, 0.717) is 12.3 Å². The van der Waals surface area contributed by atoms with Crippen molar-refractivity contribution in [3.05, 3.63) is 47.5 Å². The SMILES string of the molecule is Cc1nc2ccc(CC(=O)NC3CCN(c4nccc(C5CCOCC5)n4)C3)cc2[nH]1. The van der Waals surface area contributed by atoms with Crippen LogP contribution in [0.4, 0.5) is 5.95 Å². The number of fused-ring (bicyclic) bond motifs is 1. The monoisotopic (exact) mass is 420 g/mol. The van der Waals surface area contributed by atoms with Crippen molar-refractivity contribution >= 4 is 22.9 Å². The molecule has 1 unspecified atom stereocenters. The summed E-state index contributed by atoms with van der Waals surface area (Å²) in [5.41, 5.74) is 3.98. The predicted octanol–water partition coefficient (Wildman–Crippen LogP) is 2.49. The lowest BCUT2D eigenvalue weighted by Crippen LogP contribution is -2.38.